The molecule has 7 nitrogen and oxygen atoms in total. The summed E-state index contributed by atoms with van der Waals surface area (Å²) in [5.41, 5.74) is 2.98. The molecular formula is C25H26N4O3. The fraction of sp³-hybridized carbons (Fsp3) is 0.240. The molecule has 4 amide bonds. The van der Waals surface area contributed by atoms with Gasteiger partial charge in [0, 0.05) is 45.0 Å². The van der Waals surface area contributed by atoms with E-state index in [0.29, 0.717) is 0 Å². The monoisotopic (exact) mass is 430 g/mol. The third-order valence-corrected chi connectivity index (χ3v) is 5.70. The molecule has 2 aliphatic heterocycles. The molecule has 0 atom stereocenters. The van der Waals surface area contributed by atoms with Gasteiger partial charge in [0.25, 0.3) is 11.8 Å². The van der Waals surface area contributed by atoms with Crippen molar-refractivity contribution in [3.05, 3.63) is 84.0 Å². The second-order valence-electron chi connectivity index (χ2n) is 7.83. The SMILES string of the molecule is C=CCN1C(=O)NC(=O)/C(=C\c2ccccc2N2CCN(Cc3ccccc3)CC2)C1=O. The maximum absolute atomic E-state index is 12.8. The fourth-order valence-corrected chi connectivity index (χ4v) is 4.03. The number of piperazine rings is 1. The van der Waals surface area contributed by atoms with Crippen molar-refractivity contribution in [2.24, 2.45) is 0 Å². The van der Waals surface area contributed by atoms with E-state index in [1.165, 1.54) is 11.6 Å². The van der Waals surface area contributed by atoms with Gasteiger partial charge in [-0.3, -0.25) is 24.7 Å². The van der Waals surface area contributed by atoms with E-state index in [0.717, 1.165) is 48.9 Å². The molecule has 2 aromatic rings. The molecule has 0 aliphatic carbocycles. The molecule has 164 valence electrons. The summed E-state index contributed by atoms with van der Waals surface area (Å²) in [6.45, 7) is 8.05. The number of hydrogen-bond donors (Lipinski definition) is 1. The molecular weight excluding hydrogens is 404 g/mol. The average molecular weight is 431 g/mol. The van der Waals surface area contributed by atoms with Crippen LogP contribution in [0.5, 0.6) is 0 Å². The summed E-state index contributed by atoms with van der Waals surface area (Å²) in [5, 5.41) is 2.23. The topological polar surface area (TPSA) is 73.0 Å². The van der Waals surface area contributed by atoms with Crippen molar-refractivity contribution >= 4 is 29.6 Å². The molecule has 4 rings (SSSR count). The van der Waals surface area contributed by atoms with Crippen molar-refractivity contribution in [3.8, 4) is 0 Å². The van der Waals surface area contributed by atoms with Crippen molar-refractivity contribution in [3.63, 3.8) is 0 Å². The number of hydrogen-bond acceptors (Lipinski definition) is 5. The summed E-state index contributed by atoms with van der Waals surface area (Å²) in [4.78, 5) is 42.8. The Hall–Kier alpha value is -3.71. The number of anilines is 1. The Bertz CT molecular complexity index is 1060. The van der Waals surface area contributed by atoms with Crippen LogP contribution in [0.4, 0.5) is 10.5 Å². The Morgan fingerprint density at radius 3 is 2.31 bits per heavy atom. The van der Waals surface area contributed by atoms with E-state index in [9.17, 15) is 14.4 Å². The van der Waals surface area contributed by atoms with Gasteiger partial charge in [0.05, 0.1) is 0 Å². The Morgan fingerprint density at radius 1 is 0.906 bits per heavy atom. The van der Waals surface area contributed by atoms with Crippen molar-refractivity contribution in [1.29, 1.82) is 0 Å². The number of carbonyl (C=O) groups excluding carboxylic acids is 3. The highest BCUT2D eigenvalue weighted by Gasteiger charge is 2.35. The molecule has 1 N–H and O–H groups in total. The summed E-state index contributed by atoms with van der Waals surface area (Å²) in [5.74, 6) is -1.29. The van der Waals surface area contributed by atoms with Crippen LogP contribution in [0.3, 0.4) is 0 Å². The Kier molecular flexibility index (Phi) is 6.47. The van der Waals surface area contributed by atoms with Crippen molar-refractivity contribution < 1.29 is 14.4 Å². The normalized spacial score (nSPS) is 18.8. The van der Waals surface area contributed by atoms with Gasteiger partial charge in [-0.25, -0.2) is 4.79 Å². The number of nitrogens with zero attached hydrogens (tertiary/aromatic N) is 3. The summed E-state index contributed by atoms with van der Waals surface area (Å²) in [7, 11) is 0. The first-order valence-electron chi connectivity index (χ1n) is 10.7. The van der Waals surface area contributed by atoms with Crippen molar-refractivity contribution in [1.82, 2.24) is 15.1 Å². The van der Waals surface area contributed by atoms with Gasteiger partial charge in [-0.05, 0) is 23.3 Å². The molecule has 0 bridgehead atoms. The number of amides is 4. The van der Waals surface area contributed by atoms with Crippen LogP contribution in [-0.2, 0) is 16.1 Å². The Balaban J connectivity index is 1.51. The van der Waals surface area contributed by atoms with Crippen LogP contribution in [-0.4, -0.2) is 60.4 Å². The van der Waals surface area contributed by atoms with Gasteiger partial charge in [0.2, 0.25) is 0 Å². The molecule has 0 unspecified atom stereocenters. The van der Waals surface area contributed by atoms with E-state index < -0.39 is 17.8 Å². The van der Waals surface area contributed by atoms with Crippen molar-refractivity contribution in [2.45, 2.75) is 6.54 Å². The molecule has 2 heterocycles. The van der Waals surface area contributed by atoms with E-state index in [1.807, 2.05) is 30.3 Å². The van der Waals surface area contributed by atoms with Crippen molar-refractivity contribution in [2.75, 3.05) is 37.6 Å². The first kappa shape index (κ1) is 21.5. The predicted molar refractivity (Wildman–Crippen MR) is 124 cm³/mol. The van der Waals surface area contributed by atoms with Crippen LogP contribution in [0, 0.1) is 0 Å². The highest BCUT2D eigenvalue weighted by molar-refractivity contribution is 6.31. The zero-order valence-electron chi connectivity index (χ0n) is 17.9. The third kappa shape index (κ3) is 4.63. The van der Waals surface area contributed by atoms with Crippen LogP contribution in [0.1, 0.15) is 11.1 Å². The number of imide groups is 2. The lowest BCUT2D eigenvalue weighted by atomic mass is 10.0. The smallest absolute Gasteiger partial charge is 0.331 e. The summed E-state index contributed by atoms with van der Waals surface area (Å²) >= 11 is 0. The molecule has 0 saturated carbocycles. The first-order valence-corrected chi connectivity index (χ1v) is 10.7. The number of rotatable bonds is 6. The molecule has 2 saturated heterocycles. The lowest BCUT2D eigenvalue weighted by molar-refractivity contribution is -0.129. The van der Waals surface area contributed by atoms with E-state index in [-0.39, 0.29) is 12.1 Å². The number of para-hydroxylation sites is 1. The molecule has 32 heavy (non-hydrogen) atoms. The second kappa shape index (κ2) is 9.62. The second-order valence-corrected chi connectivity index (χ2v) is 7.83. The maximum atomic E-state index is 12.8. The minimum Gasteiger partial charge on any atom is -0.368 e. The Labute approximate surface area is 187 Å². The summed E-state index contributed by atoms with van der Waals surface area (Å²) < 4.78 is 0. The average Bonchev–Trinajstić information content (AvgIpc) is 2.81. The largest absolute Gasteiger partial charge is 0.368 e. The van der Waals surface area contributed by atoms with E-state index in [4.69, 9.17) is 0 Å². The van der Waals surface area contributed by atoms with E-state index in [2.05, 4.69) is 46.0 Å². The highest BCUT2D eigenvalue weighted by atomic mass is 16.2. The van der Waals surface area contributed by atoms with E-state index >= 15 is 0 Å². The molecule has 2 aromatic carbocycles. The predicted octanol–water partition coefficient (Wildman–Crippen LogP) is 2.66. The van der Waals surface area contributed by atoms with Gasteiger partial charge >= 0.3 is 6.03 Å². The summed E-state index contributed by atoms with van der Waals surface area (Å²) in [6.07, 6.45) is 3.03. The molecule has 2 fully saturated rings. The minimum atomic E-state index is -0.722. The number of carbonyl (C=O) groups is 3. The lowest BCUT2D eigenvalue weighted by Gasteiger charge is -2.37. The van der Waals surface area contributed by atoms with Gasteiger partial charge < -0.3 is 4.90 Å². The standard InChI is InChI=1S/C25H26N4O3/c1-2-12-29-24(31)21(23(30)26-25(29)32)17-20-10-6-7-11-22(20)28-15-13-27(14-16-28)18-19-8-4-3-5-9-19/h2-11,17H,1,12-16,18H2,(H,26,30,32)/b21-17+. The third-order valence-electron chi connectivity index (χ3n) is 5.70. The van der Waals surface area contributed by atoms with Gasteiger partial charge in [-0.2, -0.15) is 0 Å². The molecule has 0 spiro atoms. The van der Waals surface area contributed by atoms with Gasteiger partial charge in [-0.15, -0.1) is 6.58 Å². The molecule has 0 aromatic heterocycles. The van der Waals surface area contributed by atoms with Gasteiger partial charge in [0.1, 0.15) is 5.57 Å². The van der Waals surface area contributed by atoms with Crippen LogP contribution >= 0.6 is 0 Å². The molecule has 2 aliphatic rings. The zero-order chi connectivity index (χ0) is 22.5. The quantitative estimate of drug-likeness (QED) is 0.433. The van der Waals surface area contributed by atoms with Crippen LogP contribution in [0.25, 0.3) is 6.08 Å². The Morgan fingerprint density at radius 2 is 1.59 bits per heavy atom. The molecule has 7 heteroatoms. The number of nitrogens with one attached hydrogen (secondary N) is 1. The highest BCUT2D eigenvalue weighted by Crippen LogP contribution is 2.26. The number of barbiturate groups is 1. The lowest BCUT2D eigenvalue weighted by Crippen LogP contribution is -2.54. The van der Waals surface area contributed by atoms with Crippen LogP contribution < -0.4 is 10.2 Å². The van der Waals surface area contributed by atoms with E-state index in [1.54, 1.807) is 6.08 Å². The fourth-order valence-electron chi connectivity index (χ4n) is 4.03. The zero-order valence-corrected chi connectivity index (χ0v) is 17.9. The van der Waals surface area contributed by atoms with Gasteiger partial charge in [-0.1, -0.05) is 54.6 Å². The van der Waals surface area contributed by atoms with Crippen LogP contribution in [0.15, 0.2) is 72.8 Å². The first-order chi connectivity index (χ1) is 15.6. The number of benzene rings is 2. The number of urea groups is 1. The molecule has 0 radical (unpaired) electrons. The maximum Gasteiger partial charge on any atom is 0.331 e. The summed E-state index contributed by atoms with van der Waals surface area (Å²) in [6, 6.07) is 17.4. The van der Waals surface area contributed by atoms with Crippen LogP contribution in [0.2, 0.25) is 0 Å². The van der Waals surface area contributed by atoms with Gasteiger partial charge in [0.15, 0.2) is 0 Å². The minimum absolute atomic E-state index is 0.0420.